The van der Waals surface area contributed by atoms with Crippen LogP contribution >= 0.6 is 0 Å². The van der Waals surface area contributed by atoms with Crippen LogP contribution in [0.3, 0.4) is 0 Å². The molecule has 0 bridgehead atoms. The highest BCUT2D eigenvalue weighted by atomic mass is 19.1. The molecule has 2 heterocycles. The van der Waals surface area contributed by atoms with Gasteiger partial charge in [0.15, 0.2) is 0 Å². The van der Waals surface area contributed by atoms with Crippen molar-refractivity contribution in [3.63, 3.8) is 0 Å². The smallest absolute Gasteiger partial charge is 0.410 e. The Morgan fingerprint density at radius 2 is 1.67 bits per heavy atom. The normalized spacial score (nSPS) is 21.5. The number of fused-ring (bicyclic) bond motifs is 1. The van der Waals surface area contributed by atoms with E-state index in [9.17, 15) is 19.2 Å². The maximum absolute atomic E-state index is 15.1. The van der Waals surface area contributed by atoms with Gasteiger partial charge in [0.25, 0.3) is 11.8 Å². The van der Waals surface area contributed by atoms with Gasteiger partial charge in [-0.2, -0.15) is 0 Å². The molecule has 9 heteroatoms. The second kappa shape index (κ2) is 7.37. The van der Waals surface area contributed by atoms with Crippen LogP contribution in [0, 0.1) is 5.92 Å². The molecule has 0 N–H and O–H groups in total. The zero-order chi connectivity index (χ0) is 22.4. The molecule has 0 aliphatic carbocycles. The van der Waals surface area contributed by atoms with E-state index in [1.165, 1.54) is 17.0 Å². The fraction of sp³-hybridized carbons (Fsp3) is 0.524. The summed E-state index contributed by atoms with van der Waals surface area (Å²) < 4.78 is 20.5. The van der Waals surface area contributed by atoms with Gasteiger partial charge >= 0.3 is 12.1 Å². The van der Waals surface area contributed by atoms with Gasteiger partial charge in [0.05, 0.1) is 11.1 Å². The molecule has 2 unspecified atom stereocenters. The predicted molar refractivity (Wildman–Crippen MR) is 103 cm³/mol. The highest BCUT2D eigenvalue weighted by molar-refractivity contribution is 6.20. The Bertz CT molecular complexity index is 872. The summed E-state index contributed by atoms with van der Waals surface area (Å²) in [6, 6.07) is 5.99. The van der Waals surface area contributed by atoms with E-state index in [0.717, 1.165) is 0 Å². The zero-order valence-electron chi connectivity index (χ0n) is 17.6. The first-order chi connectivity index (χ1) is 13.8. The van der Waals surface area contributed by atoms with E-state index in [0.29, 0.717) is 0 Å². The third-order valence-corrected chi connectivity index (χ3v) is 5.40. The molecule has 1 aromatic carbocycles. The number of carbonyl (C=O) groups is 4. The van der Waals surface area contributed by atoms with Crippen LogP contribution in [0.5, 0.6) is 0 Å². The van der Waals surface area contributed by atoms with Crippen molar-refractivity contribution in [2.75, 3.05) is 6.54 Å². The van der Waals surface area contributed by atoms with Crippen LogP contribution in [0.2, 0.25) is 0 Å². The van der Waals surface area contributed by atoms with E-state index < -0.39 is 47.1 Å². The minimum Gasteiger partial charge on any atom is -0.444 e. The van der Waals surface area contributed by atoms with Crippen LogP contribution in [0.1, 0.15) is 61.8 Å². The number of nitrogens with zero attached hydrogens (tertiary/aromatic N) is 2. The Morgan fingerprint density at radius 1 is 1.13 bits per heavy atom. The molecule has 3 amide bonds. The van der Waals surface area contributed by atoms with Crippen LogP contribution in [-0.4, -0.2) is 57.7 Å². The van der Waals surface area contributed by atoms with Crippen LogP contribution < -0.4 is 0 Å². The Balaban J connectivity index is 1.70. The molecule has 162 valence electrons. The summed E-state index contributed by atoms with van der Waals surface area (Å²) in [6.07, 6.45) is -2.54. The molecule has 1 saturated heterocycles. The summed E-state index contributed by atoms with van der Waals surface area (Å²) >= 11 is 0. The SMILES string of the molecule is CC(C)(C)OC(=O)N1CCC(C(F)C(=O)ON2C(=O)c3ccccc3C2=O)C1(C)C. The third-order valence-electron chi connectivity index (χ3n) is 5.40. The molecule has 30 heavy (non-hydrogen) atoms. The number of amides is 3. The quantitative estimate of drug-likeness (QED) is 0.698. The van der Waals surface area contributed by atoms with Gasteiger partial charge in [0, 0.05) is 18.0 Å². The number of imide groups is 1. The van der Waals surface area contributed by atoms with E-state index >= 15 is 4.39 Å². The zero-order valence-corrected chi connectivity index (χ0v) is 17.6. The molecular weight excluding hydrogens is 395 g/mol. The molecule has 0 spiro atoms. The molecule has 2 aliphatic rings. The van der Waals surface area contributed by atoms with E-state index in [2.05, 4.69) is 0 Å². The predicted octanol–water partition coefficient (Wildman–Crippen LogP) is 3.11. The van der Waals surface area contributed by atoms with Gasteiger partial charge in [-0.15, -0.1) is 0 Å². The number of alkyl halides is 1. The van der Waals surface area contributed by atoms with Gasteiger partial charge in [-0.25, -0.2) is 14.0 Å². The minimum absolute atomic E-state index is 0.0861. The number of benzene rings is 1. The number of hydrogen-bond donors (Lipinski definition) is 0. The Morgan fingerprint density at radius 3 is 2.17 bits per heavy atom. The van der Waals surface area contributed by atoms with Crippen molar-refractivity contribution in [2.45, 2.75) is 58.4 Å². The molecule has 2 atom stereocenters. The van der Waals surface area contributed by atoms with Gasteiger partial charge in [0.2, 0.25) is 6.17 Å². The van der Waals surface area contributed by atoms with Gasteiger partial charge in [-0.1, -0.05) is 17.2 Å². The van der Waals surface area contributed by atoms with Crippen LogP contribution in [-0.2, 0) is 14.4 Å². The maximum atomic E-state index is 15.1. The lowest BCUT2D eigenvalue weighted by Crippen LogP contribution is -2.51. The van der Waals surface area contributed by atoms with Crippen LogP contribution in [0.15, 0.2) is 24.3 Å². The molecule has 0 radical (unpaired) electrons. The summed E-state index contributed by atoms with van der Waals surface area (Å²) in [5.74, 6) is -3.89. The van der Waals surface area contributed by atoms with Crippen LogP contribution in [0.25, 0.3) is 0 Å². The Kier molecular flexibility index (Phi) is 5.34. The monoisotopic (exact) mass is 420 g/mol. The highest BCUT2D eigenvalue weighted by Gasteiger charge is 2.52. The van der Waals surface area contributed by atoms with Gasteiger partial charge in [-0.05, 0) is 53.2 Å². The average molecular weight is 420 g/mol. The second-order valence-electron chi connectivity index (χ2n) is 8.94. The van der Waals surface area contributed by atoms with Crippen molar-refractivity contribution < 1.29 is 33.1 Å². The first kappa shape index (κ1) is 21.7. The van der Waals surface area contributed by atoms with Gasteiger partial charge < -0.3 is 14.5 Å². The van der Waals surface area contributed by atoms with E-state index in [4.69, 9.17) is 9.57 Å². The van der Waals surface area contributed by atoms with Crippen molar-refractivity contribution >= 4 is 23.9 Å². The molecule has 8 nitrogen and oxygen atoms in total. The largest absolute Gasteiger partial charge is 0.444 e. The number of hydroxylamine groups is 2. The van der Waals surface area contributed by atoms with Crippen molar-refractivity contribution in [3.05, 3.63) is 35.4 Å². The maximum Gasteiger partial charge on any atom is 0.410 e. The lowest BCUT2D eigenvalue weighted by Gasteiger charge is -2.37. The summed E-state index contributed by atoms with van der Waals surface area (Å²) in [7, 11) is 0. The molecule has 0 aromatic heterocycles. The average Bonchev–Trinajstić information content (AvgIpc) is 3.08. The van der Waals surface area contributed by atoms with Crippen molar-refractivity contribution in [2.24, 2.45) is 5.92 Å². The number of likely N-dealkylation sites (tertiary alicyclic amines) is 1. The summed E-state index contributed by atoms with van der Waals surface area (Å²) in [6.45, 7) is 8.65. The van der Waals surface area contributed by atoms with Crippen molar-refractivity contribution in [1.82, 2.24) is 9.96 Å². The summed E-state index contributed by atoms with van der Waals surface area (Å²) in [4.78, 5) is 55.8. The fourth-order valence-corrected chi connectivity index (χ4v) is 3.81. The Labute approximate surface area is 173 Å². The number of ether oxygens (including phenoxy) is 1. The first-order valence-corrected chi connectivity index (χ1v) is 9.69. The van der Waals surface area contributed by atoms with E-state index in [-0.39, 0.29) is 29.2 Å². The van der Waals surface area contributed by atoms with Crippen molar-refractivity contribution in [1.29, 1.82) is 0 Å². The van der Waals surface area contributed by atoms with Gasteiger partial charge in [0.1, 0.15) is 5.60 Å². The van der Waals surface area contributed by atoms with Crippen molar-refractivity contribution in [3.8, 4) is 0 Å². The Hall–Kier alpha value is -2.97. The standard InChI is InChI=1S/C21H25FN2O6/c1-20(2,3)29-19(28)23-11-10-14(21(23,4)5)15(22)18(27)30-24-16(25)12-8-6-7-9-13(12)17(24)26/h6-9,14-15H,10-11H2,1-5H3. The van der Waals surface area contributed by atoms with E-state index in [1.807, 2.05) is 0 Å². The minimum atomic E-state index is -2.14. The molecule has 3 rings (SSSR count). The molecule has 1 aromatic rings. The highest BCUT2D eigenvalue weighted by Crippen LogP contribution is 2.39. The first-order valence-electron chi connectivity index (χ1n) is 9.69. The number of rotatable bonds is 3. The topological polar surface area (TPSA) is 93.2 Å². The second-order valence-corrected chi connectivity index (χ2v) is 8.94. The number of hydrogen-bond acceptors (Lipinski definition) is 6. The molecule has 0 saturated carbocycles. The third kappa shape index (κ3) is 3.76. The number of carbonyl (C=O) groups excluding carboxylic acids is 4. The fourth-order valence-electron chi connectivity index (χ4n) is 3.81. The number of halogens is 1. The van der Waals surface area contributed by atoms with Crippen LogP contribution in [0.4, 0.5) is 9.18 Å². The molecular formula is C21H25FN2O6. The lowest BCUT2D eigenvalue weighted by atomic mass is 9.84. The lowest BCUT2D eigenvalue weighted by molar-refractivity contribution is -0.178. The summed E-state index contributed by atoms with van der Waals surface area (Å²) in [5, 5.41) is 0.285. The molecule has 2 aliphatic heterocycles. The molecule has 1 fully saturated rings. The van der Waals surface area contributed by atoms with Gasteiger partial charge in [-0.3, -0.25) is 9.59 Å². The van der Waals surface area contributed by atoms with E-state index in [1.54, 1.807) is 46.8 Å². The summed E-state index contributed by atoms with van der Waals surface area (Å²) in [5.41, 5.74) is -1.58.